The molecule has 0 N–H and O–H groups in total. The Hall–Kier alpha value is -1.02. The molecule has 3 rings (SSSR count). The highest BCUT2D eigenvalue weighted by atomic mass is 35.7. The summed E-state index contributed by atoms with van der Waals surface area (Å²) in [4.78, 5) is 0. The summed E-state index contributed by atoms with van der Waals surface area (Å²) in [6.07, 6.45) is 4.36. The van der Waals surface area contributed by atoms with Gasteiger partial charge in [-0.15, -0.1) is 22.2 Å². The van der Waals surface area contributed by atoms with Gasteiger partial charge in [0.05, 0.1) is 0 Å². The van der Waals surface area contributed by atoms with Crippen molar-refractivity contribution >= 4 is 28.9 Å². The molecule has 2 atom stereocenters. The van der Waals surface area contributed by atoms with Crippen LogP contribution in [0.5, 0.6) is 0 Å². The molecule has 0 nitrogen and oxygen atoms in total. The molecule has 0 fully saturated rings. The molecule has 0 saturated carbocycles. The first kappa shape index (κ1) is 13.0. The number of benzene rings is 2. The van der Waals surface area contributed by atoms with Gasteiger partial charge < -0.3 is 0 Å². The molecule has 0 bridgehead atoms. The first-order valence-electron chi connectivity index (χ1n) is 6.35. The summed E-state index contributed by atoms with van der Waals surface area (Å²) < 4.78 is 0. The lowest BCUT2D eigenvalue weighted by Crippen LogP contribution is -2.32. The lowest BCUT2D eigenvalue weighted by Gasteiger charge is -2.26. The van der Waals surface area contributed by atoms with Crippen molar-refractivity contribution in [3.63, 3.8) is 0 Å². The maximum Gasteiger partial charge on any atom is 0.273 e. The van der Waals surface area contributed by atoms with Gasteiger partial charge in [-0.1, -0.05) is 72.8 Å². The van der Waals surface area contributed by atoms with Gasteiger partial charge in [-0.25, -0.2) is 0 Å². The molecule has 0 radical (unpaired) electrons. The number of hydrogen-bond acceptors (Lipinski definition) is 0. The molecular formula is C16H14Cl2Si. The Morgan fingerprint density at radius 3 is 1.37 bits per heavy atom. The van der Waals surface area contributed by atoms with Crippen LogP contribution in [0.15, 0.2) is 72.8 Å². The SMILES string of the molecule is Cl[Si]1(Cl)[C@@H](c2ccccc2)C=C[C@@H]1c1ccccc1. The van der Waals surface area contributed by atoms with Gasteiger partial charge in [-0.05, 0) is 11.1 Å². The van der Waals surface area contributed by atoms with Gasteiger partial charge in [0, 0.05) is 11.1 Å². The first-order valence-corrected chi connectivity index (χ1v) is 10.5. The monoisotopic (exact) mass is 304 g/mol. The molecule has 0 amide bonds. The molecule has 0 saturated heterocycles. The molecule has 19 heavy (non-hydrogen) atoms. The van der Waals surface area contributed by atoms with Crippen molar-refractivity contribution in [3.8, 4) is 0 Å². The molecule has 1 aliphatic heterocycles. The van der Waals surface area contributed by atoms with Crippen LogP contribution in [0.3, 0.4) is 0 Å². The summed E-state index contributed by atoms with van der Waals surface area (Å²) in [5.41, 5.74) is 2.77. The van der Waals surface area contributed by atoms with Crippen LogP contribution in [0.25, 0.3) is 0 Å². The summed E-state index contributed by atoms with van der Waals surface area (Å²) in [5, 5.41) is 0. The average molecular weight is 305 g/mol. The van der Waals surface area contributed by atoms with Crippen LogP contribution in [0.2, 0.25) is 0 Å². The van der Waals surface area contributed by atoms with Crippen LogP contribution in [0, 0.1) is 0 Å². The second-order valence-electron chi connectivity index (χ2n) is 4.84. The maximum absolute atomic E-state index is 6.81. The number of hydrogen-bond donors (Lipinski definition) is 0. The quantitative estimate of drug-likeness (QED) is 0.410. The van der Waals surface area contributed by atoms with Gasteiger partial charge >= 0.3 is 0 Å². The Kier molecular flexibility index (Phi) is 3.53. The van der Waals surface area contributed by atoms with E-state index in [0.29, 0.717) is 0 Å². The van der Waals surface area contributed by atoms with Gasteiger partial charge in [0.1, 0.15) is 0 Å². The summed E-state index contributed by atoms with van der Waals surface area (Å²) in [6.45, 7) is -2.45. The first-order chi connectivity index (χ1) is 9.19. The predicted molar refractivity (Wildman–Crippen MR) is 85.0 cm³/mol. The topological polar surface area (TPSA) is 0 Å². The summed E-state index contributed by atoms with van der Waals surface area (Å²) in [5.74, 6) is 0. The smallest absolute Gasteiger partial charge is 0.144 e. The van der Waals surface area contributed by atoms with E-state index in [-0.39, 0.29) is 11.1 Å². The van der Waals surface area contributed by atoms with Gasteiger partial charge in [0.2, 0.25) is 0 Å². The van der Waals surface area contributed by atoms with Crippen molar-refractivity contribution in [1.29, 1.82) is 0 Å². The van der Waals surface area contributed by atoms with Crippen molar-refractivity contribution < 1.29 is 0 Å². The molecule has 2 aromatic carbocycles. The van der Waals surface area contributed by atoms with E-state index in [1.807, 2.05) is 36.4 Å². The van der Waals surface area contributed by atoms with E-state index in [1.165, 1.54) is 11.1 Å². The Labute approximate surface area is 124 Å². The minimum Gasteiger partial charge on any atom is -0.144 e. The summed E-state index contributed by atoms with van der Waals surface area (Å²) >= 11 is 13.6. The van der Waals surface area contributed by atoms with E-state index >= 15 is 0 Å². The van der Waals surface area contributed by atoms with Crippen LogP contribution >= 0.6 is 22.2 Å². The molecule has 0 aromatic heterocycles. The Balaban J connectivity index is 1.95. The lowest BCUT2D eigenvalue weighted by atomic mass is 10.1. The molecule has 3 heteroatoms. The van der Waals surface area contributed by atoms with E-state index in [0.717, 1.165) is 0 Å². The van der Waals surface area contributed by atoms with Crippen LogP contribution in [0.4, 0.5) is 0 Å². The molecular weight excluding hydrogens is 291 g/mol. The third kappa shape index (κ3) is 2.38. The molecule has 96 valence electrons. The molecule has 0 unspecified atom stereocenters. The molecule has 0 spiro atoms. The van der Waals surface area contributed by atoms with Gasteiger partial charge in [-0.2, -0.15) is 0 Å². The van der Waals surface area contributed by atoms with Crippen LogP contribution in [-0.2, 0) is 0 Å². The second-order valence-corrected chi connectivity index (χ2v) is 11.8. The Bertz CT molecular complexity index is 527. The third-order valence-corrected chi connectivity index (χ3v) is 9.17. The van der Waals surface area contributed by atoms with Crippen LogP contribution in [-0.4, -0.2) is 6.69 Å². The van der Waals surface area contributed by atoms with Crippen molar-refractivity contribution in [3.05, 3.63) is 83.9 Å². The van der Waals surface area contributed by atoms with Crippen molar-refractivity contribution in [2.24, 2.45) is 0 Å². The maximum atomic E-state index is 6.81. The highest BCUT2D eigenvalue weighted by molar-refractivity contribution is 7.46. The standard InChI is InChI=1S/C16H14Cl2Si/c17-19(18)15(13-7-3-1-4-8-13)11-12-16(19)14-9-5-2-6-10-14/h1-12,15-16H/t15-,16-/m1/s1. The highest BCUT2D eigenvalue weighted by Crippen LogP contribution is 2.49. The third-order valence-electron chi connectivity index (χ3n) is 3.64. The summed E-state index contributed by atoms with van der Waals surface area (Å²) in [6, 6.07) is 20.6. The zero-order valence-corrected chi connectivity index (χ0v) is 12.9. The normalized spacial score (nSPS) is 24.5. The zero-order chi connectivity index (χ0) is 13.3. The van der Waals surface area contributed by atoms with E-state index in [2.05, 4.69) is 36.4 Å². The van der Waals surface area contributed by atoms with E-state index in [1.54, 1.807) is 0 Å². The van der Waals surface area contributed by atoms with Crippen LogP contribution < -0.4 is 0 Å². The Morgan fingerprint density at radius 1 is 0.632 bits per heavy atom. The lowest BCUT2D eigenvalue weighted by molar-refractivity contribution is 1.15. The van der Waals surface area contributed by atoms with Gasteiger partial charge in [0.25, 0.3) is 6.69 Å². The van der Waals surface area contributed by atoms with E-state index < -0.39 is 6.69 Å². The zero-order valence-electron chi connectivity index (χ0n) is 10.3. The highest BCUT2D eigenvalue weighted by Gasteiger charge is 2.48. The predicted octanol–water partition coefficient (Wildman–Crippen LogP) is 5.12. The number of rotatable bonds is 2. The summed E-state index contributed by atoms with van der Waals surface area (Å²) in [7, 11) is 0. The van der Waals surface area contributed by atoms with Crippen molar-refractivity contribution in [1.82, 2.24) is 0 Å². The van der Waals surface area contributed by atoms with E-state index in [4.69, 9.17) is 22.2 Å². The second kappa shape index (κ2) is 5.16. The number of allylic oxidation sites excluding steroid dienone is 2. The molecule has 1 heterocycles. The molecule has 0 aliphatic carbocycles. The fourth-order valence-corrected chi connectivity index (χ4v) is 7.44. The van der Waals surface area contributed by atoms with Crippen molar-refractivity contribution in [2.75, 3.05) is 0 Å². The average Bonchev–Trinajstić information content (AvgIpc) is 2.76. The van der Waals surface area contributed by atoms with E-state index in [9.17, 15) is 0 Å². The molecule has 1 aliphatic rings. The minimum atomic E-state index is -2.45. The van der Waals surface area contributed by atoms with Gasteiger partial charge in [-0.3, -0.25) is 0 Å². The number of halogens is 2. The van der Waals surface area contributed by atoms with Gasteiger partial charge in [0.15, 0.2) is 0 Å². The van der Waals surface area contributed by atoms with Crippen molar-refractivity contribution in [2.45, 2.75) is 11.1 Å². The Morgan fingerprint density at radius 2 is 1.00 bits per heavy atom. The fourth-order valence-electron chi connectivity index (χ4n) is 2.66. The molecule has 2 aromatic rings. The fraction of sp³-hybridized carbons (Fsp3) is 0.125. The largest absolute Gasteiger partial charge is 0.273 e. The van der Waals surface area contributed by atoms with Crippen LogP contribution in [0.1, 0.15) is 22.2 Å². The minimum absolute atomic E-state index is 0.169.